The van der Waals surface area contributed by atoms with Crippen molar-refractivity contribution in [2.75, 3.05) is 11.5 Å². The average molecular weight is 229 g/mol. The molecule has 0 amide bonds. The highest BCUT2D eigenvalue weighted by atomic mass is 32.2. The van der Waals surface area contributed by atoms with Crippen LogP contribution in [0.1, 0.15) is 25.7 Å². The minimum atomic E-state index is -2.79. The van der Waals surface area contributed by atoms with E-state index >= 15 is 0 Å². The number of rotatable bonds is 2. The molecule has 0 aromatic heterocycles. The molecule has 2 rings (SSSR count). The van der Waals surface area contributed by atoms with Crippen LogP contribution in [0, 0.1) is 0 Å². The molecule has 0 aromatic rings. The van der Waals surface area contributed by atoms with Crippen molar-refractivity contribution in [1.82, 2.24) is 5.32 Å². The zero-order valence-corrected chi connectivity index (χ0v) is 9.35. The predicted molar refractivity (Wildman–Crippen MR) is 57.1 cm³/mol. The molecule has 0 unspecified atom stereocenters. The monoisotopic (exact) mass is 229 g/mol. The highest BCUT2D eigenvalue weighted by molar-refractivity contribution is 7.91. The van der Waals surface area contributed by atoms with Gasteiger partial charge in [0.15, 0.2) is 5.78 Å². The summed E-state index contributed by atoms with van der Waals surface area (Å²) in [5, 5.41) is 3.26. The van der Waals surface area contributed by atoms with Crippen LogP contribution in [-0.4, -0.2) is 31.7 Å². The topological polar surface area (TPSA) is 63.2 Å². The van der Waals surface area contributed by atoms with Crippen molar-refractivity contribution in [1.29, 1.82) is 0 Å². The zero-order chi connectivity index (χ0) is 10.9. The predicted octanol–water partition coefficient (Wildman–Crippen LogP) is 0.400. The second kappa shape index (κ2) is 3.96. The Hall–Kier alpha value is -0.840. The van der Waals surface area contributed by atoms with Gasteiger partial charge in [-0.3, -0.25) is 4.79 Å². The minimum Gasteiger partial charge on any atom is -0.385 e. The van der Waals surface area contributed by atoms with Crippen LogP contribution in [-0.2, 0) is 14.6 Å². The molecule has 5 heteroatoms. The lowest BCUT2D eigenvalue weighted by Crippen LogP contribution is -2.36. The summed E-state index contributed by atoms with van der Waals surface area (Å²) < 4.78 is 22.4. The normalized spacial score (nSPS) is 26.4. The summed E-state index contributed by atoms with van der Waals surface area (Å²) in [6.45, 7) is 0. The lowest BCUT2D eigenvalue weighted by atomic mass is 10.1. The molecule has 0 aromatic carbocycles. The van der Waals surface area contributed by atoms with Crippen LogP contribution in [0.2, 0.25) is 0 Å². The summed E-state index contributed by atoms with van der Waals surface area (Å²) in [7, 11) is -2.79. The second-order valence-electron chi connectivity index (χ2n) is 4.21. The van der Waals surface area contributed by atoms with E-state index in [1.54, 1.807) is 6.08 Å². The smallest absolute Gasteiger partial charge is 0.157 e. The molecule has 1 heterocycles. The third kappa shape index (κ3) is 2.81. The van der Waals surface area contributed by atoms with Gasteiger partial charge in [-0.15, -0.1) is 0 Å². The molecule has 15 heavy (non-hydrogen) atoms. The third-order valence-electron chi connectivity index (χ3n) is 2.92. The van der Waals surface area contributed by atoms with E-state index in [0.29, 0.717) is 19.3 Å². The SMILES string of the molecule is O=C1C=C(NC2CCS(=O)(=O)CC2)CC1. The Kier molecular flexibility index (Phi) is 2.82. The molecule has 1 fully saturated rings. The maximum Gasteiger partial charge on any atom is 0.157 e. The summed E-state index contributed by atoms with van der Waals surface area (Å²) in [5.74, 6) is 0.707. The lowest BCUT2D eigenvalue weighted by Gasteiger charge is -2.24. The summed E-state index contributed by atoms with van der Waals surface area (Å²) in [6, 6.07) is 0.227. The Balaban J connectivity index is 1.87. The first-order valence-electron chi connectivity index (χ1n) is 5.25. The van der Waals surface area contributed by atoms with Crippen LogP contribution in [0.15, 0.2) is 11.8 Å². The van der Waals surface area contributed by atoms with E-state index < -0.39 is 9.84 Å². The van der Waals surface area contributed by atoms with Gasteiger partial charge in [0, 0.05) is 24.2 Å². The van der Waals surface area contributed by atoms with Gasteiger partial charge in [0.2, 0.25) is 0 Å². The molecule has 1 aliphatic carbocycles. The Bertz CT molecular complexity index is 383. The molecule has 84 valence electrons. The van der Waals surface area contributed by atoms with Gasteiger partial charge in [0.05, 0.1) is 11.5 Å². The first kappa shape index (κ1) is 10.7. The van der Waals surface area contributed by atoms with Crippen molar-refractivity contribution >= 4 is 15.6 Å². The molecular formula is C10H15NO3S. The zero-order valence-electron chi connectivity index (χ0n) is 8.53. The van der Waals surface area contributed by atoms with Gasteiger partial charge in [-0.25, -0.2) is 8.42 Å². The van der Waals surface area contributed by atoms with Crippen molar-refractivity contribution < 1.29 is 13.2 Å². The Morgan fingerprint density at radius 3 is 2.40 bits per heavy atom. The number of carbonyl (C=O) groups is 1. The van der Waals surface area contributed by atoms with Crippen molar-refractivity contribution in [3.8, 4) is 0 Å². The number of nitrogens with one attached hydrogen (secondary N) is 1. The number of ketones is 1. The quantitative estimate of drug-likeness (QED) is 0.744. The fourth-order valence-corrected chi connectivity index (χ4v) is 3.50. The van der Waals surface area contributed by atoms with Crippen LogP contribution in [0.5, 0.6) is 0 Å². The second-order valence-corrected chi connectivity index (χ2v) is 6.51. The average Bonchev–Trinajstić information content (AvgIpc) is 2.55. The maximum atomic E-state index is 11.2. The Morgan fingerprint density at radius 2 is 1.87 bits per heavy atom. The standard InChI is InChI=1S/C10H15NO3S/c12-10-2-1-9(7-10)11-8-3-5-15(13,14)6-4-8/h7-8,11H,1-6H2. The van der Waals surface area contributed by atoms with E-state index in [1.165, 1.54) is 0 Å². The van der Waals surface area contributed by atoms with Crippen LogP contribution in [0.3, 0.4) is 0 Å². The first-order valence-corrected chi connectivity index (χ1v) is 7.08. The summed E-state index contributed by atoms with van der Waals surface area (Å²) in [5.41, 5.74) is 0.976. The molecule has 0 bridgehead atoms. The molecule has 1 aliphatic heterocycles. The highest BCUT2D eigenvalue weighted by Crippen LogP contribution is 2.17. The molecule has 1 N–H and O–H groups in total. The van der Waals surface area contributed by atoms with Gasteiger partial charge in [-0.1, -0.05) is 0 Å². The number of sulfone groups is 1. The summed E-state index contributed by atoms with van der Waals surface area (Å²) in [6.07, 6.45) is 4.33. The van der Waals surface area contributed by atoms with Gasteiger partial charge >= 0.3 is 0 Å². The number of allylic oxidation sites excluding steroid dienone is 2. The largest absolute Gasteiger partial charge is 0.385 e. The molecule has 0 radical (unpaired) electrons. The Labute approximate surface area is 89.7 Å². The third-order valence-corrected chi connectivity index (χ3v) is 4.64. The van der Waals surface area contributed by atoms with Crippen molar-refractivity contribution in [3.05, 3.63) is 11.8 Å². The van der Waals surface area contributed by atoms with Crippen LogP contribution in [0.4, 0.5) is 0 Å². The molecule has 0 atom stereocenters. The number of carbonyl (C=O) groups excluding carboxylic acids is 1. The van der Waals surface area contributed by atoms with Crippen LogP contribution >= 0.6 is 0 Å². The van der Waals surface area contributed by atoms with E-state index in [0.717, 1.165) is 12.1 Å². The highest BCUT2D eigenvalue weighted by Gasteiger charge is 2.24. The van der Waals surface area contributed by atoms with Crippen molar-refractivity contribution in [3.63, 3.8) is 0 Å². The van der Waals surface area contributed by atoms with Crippen molar-refractivity contribution in [2.24, 2.45) is 0 Å². The van der Waals surface area contributed by atoms with E-state index in [-0.39, 0.29) is 23.3 Å². The van der Waals surface area contributed by atoms with Gasteiger partial charge in [-0.05, 0) is 19.3 Å². The summed E-state index contributed by atoms with van der Waals surface area (Å²) >= 11 is 0. The van der Waals surface area contributed by atoms with Crippen molar-refractivity contribution in [2.45, 2.75) is 31.7 Å². The fourth-order valence-electron chi connectivity index (χ4n) is 2.01. The molecular weight excluding hydrogens is 214 g/mol. The fraction of sp³-hybridized carbons (Fsp3) is 0.700. The molecule has 0 saturated carbocycles. The molecule has 4 nitrogen and oxygen atoms in total. The molecule has 1 saturated heterocycles. The van der Waals surface area contributed by atoms with E-state index in [2.05, 4.69) is 5.32 Å². The first-order chi connectivity index (χ1) is 7.05. The number of hydrogen-bond donors (Lipinski definition) is 1. The van der Waals surface area contributed by atoms with Gasteiger partial charge in [0.1, 0.15) is 9.84 Å². The lowest BCUT2D eigenvalue weighted by molar-refractivity contribution is -0.114. The van der Waals surface area contributed by atoms with Gasteiger partial charge in [-0.2, -0.15) is 0 Å². The van der Waals surface area contributed by atoms with E-state index in [4.69, 9.17) is 0 Å². The summed E-state index contributed by atoms with van der Waals surface area (Å²) in [4.78, 5) is 11.0. The maximum absolute atomic E-state index is 11.2. The number of hydrogen-bond acceptors (Lipinski definition) is 4. The van der Waals surface area contributed by atoms with Gasteiger partial charge in [0.25, 0.3) is 0 Å². The van der Waals surface area contributed by atoms with E-state index in [1.807, 2.05) is 0 Å². The van der Waals surface area contributed by atoms with E-state index in [9.17, 15) is 13.2 Å². The molecule has 2 aliphatic rings. The Morgan fingerprint density at radius 1 is 1.20 bits per heavy atom. The van der Waals surface area contributed by atoms with Gasteiger partial charge < -0.3 is 5.32 Å². The van der Waals surface area contributed by atoms with Crippen LogP contribution in [0.25, 0.3) is 0 Å². The minimum absolute atomic E-state index is 0.168. The molecule has 0 spiro atoms. The van der Waals surface area contributed by atoms with Crippen LogP contribution < -0.4 is 5.32 Å².